The zero-order valence-electron chi connectivity index (χ0n) is 20.4. The maximum atomic E-state index is 5.97. The summed E-state index contributed by atoms with van der Waals surface area (Å²) in [4.78, 5) is 15.5. The number of pyridine rings is 1. The van der Waals surface area contributed by atoms with Crippen molar-refractivity contribution < 1.29 is 4.74 Å². The Bertz CT molecular complexity index is 1460. The number of aromatic nitrogens is 4. The fourth-order valence-corrected chi connectivity index (χ4v) is 4.19. The van der Waals surface area contributed by atoms with E-state index in [1.54, 1.807) is 6.33 Å². The van der Waals surface area contributed by atoms with E-state index in [-0.39, 0.29) is 0 Å². The molecule has 2 aromatic carbocycles. The summed E-state index contributed by atoms with van der Waals surface area (Å²) >= 11 is 0. The van der Waals surface area contributed by atoms with E-state index in [1.807, 2.05) is 35.0 Å². The fourth-order valence-electron chi connectivity index (χ4n) is 4.19. The lowest BCUT2D eigenvalue weighted by Crippen LogP contribution is -2.15. The molecule has 3 aromatic heterocycles. The first-order valence-electron chi connectivity index (χ1n) is 11.9. The molecule has 0 amide bonds. The summed E-state index contributed by atoms with van der Waals surface area (Å²) in [5.41, 5.74) is 6.59. The van der Waals surface area contributed by atoms with Crippen molar-refractivity contribution in [1.82, 2.24) is 24.3 Å². The molecule has 35 heavy (non-hydrogen) atoms. The van der Waals surface area contributed by atoms with Gasteiger partial charge in [0.05, 0.1) is 12.1 Å². The van der Waals surface area contributed by atoms with Gasteiger partial charge in [-0.15, -0.1) is 0 Å². The van der Waals surface area contributed by atoms with Gasteiger partial charge in [-0.1, -0.05) is 6.07 Å². The van der Waals surface area contributed by atoms with Crippen LogP contribution in [-0.4, -0.2) is 51.5 Å². The van der Waals surface area contributed by atoms with E-state index < -0.39 is 0 Å². The highest BCUT2D eigenvalue weighted by atomic mass is 16.5. The number of hydrogen-bond donors (Lipinski definition) is 1. The minimum atomic E-state index is 0.675. The third-order valence-electron chi connectivity index (χ3n) is 6.09. The van der Waals surface area contributed by atoms with E-state index in [0.29, 0.717) is 6.61 Å². The molecule has 1 N–H and O–H groups in total. The number of nitrogens with zero attached hydrogens (tertiary/aromatic N) is 5. The van der Waals surface area contributed by atoms with Crippen LogP contribution in [0.25, 0.3) is 16.6 Å². The summed E-state index contributed by atoms with van der Waals surface area (Å²) in [7, 11) is 4.14. The Labute approximate surface area is 205 Å². The van der Waals surface area contributed by atoms with Crippen LogP contribution in [-0.2, 0) is 6.42 Å². The molecule has 7 heteroatoms. The summed E-state index contributed by atoms with van der Waals surface area (Å²) in [6.45, 7) is 3.82. The van der Waals surface area contributed by atoms with Gasteiger partial charge in [-0.25, -0.2) is 15.0 Å². The number of nitrogens with one attached hydrogen (secondary N) is 1. The molecule has 5 aromatic rings. The van der Waals surface area contributed by atoms with E-state index in [0.717, 1.165) is 53.2 Å². The Morgan fingerprint density at radius 2 is 1.89 bits per heavy atom. The van der Waals surface area contributed by atoms with Gasteiger partial charge in [-0.05, 0) is 93.0 Å². The topological polar surface area (TPSA) is 67.6 Å². The molecule has 0 radical (unpaired) electrons. The van der Waals surface area contributed by atoms with Gasteiger partial charge >= 0.3 is 0 Å². The van der Waals surface area contributed by atoms with Crippen LogP contribution in [0.3, 0.4) is 0 Å². The predicted octanol–water partition coefficient (Wildman–Crippen LogP) is 5.25. The molecule has 5 rings (SSSR count). The number of benzene rings is 2. The molecule has 0 unspecified atom stereocenters. The lowest BCUT2D eigenvalue weighted by Gasteiger charge is -2.13. The minimum absolute atomic E-state index is 0.675. The Balaban J connectivity index is 1.32. The van der Waals surface area contributed by atoms with Gasteiger partial charge in [-0.2, -0.15) is 0 Å². The van der Waals surface area contributed by atoms with E-state index in [1.165, 1.54) is 16.7 Å². The molecular formula is C28H30N6O. The Morgan fingerprint density at radius 1 is 0.971 bits per heavy atom. The van der Waals surface area contributed by atoms with Crippen LogP contribution < -0.4 is 10.1 Å². The Kier molecular flexibility index (Phi) is 6.59. The van der Waals surface area contributed by atoms with Crippen LogP contribution in [0, 0.1) is 6.92 Å². The van der Waals surface area contributed by atoms with Crippen molar-refractivity contribution in [1.29, 1.82) is 0 Å². The summed E-state index contributed by atoms with van der Waals surface area (Å²) in [5, 5.41) is 4.42. The van der Waals surface area contributed by atoms with Crippen molar-refractivity contribution >= 4 is 28.1 Å². The first kappa shape index (κ1) is 22.8. The zero-order valence-corrected chi connectivity index (χ0v) is 20.4. The van der Waals surface area contributed by atoms with Crippen molar-refractivity contribution in [3.05, 3.63) is 90.1 Å². The summed E-state index contributed by atoms with van der Waals surface area (Å²) in [6.07, 6.45) is 9.27. The summed E-state index contributed by atoms with van der Waals surface area (Å²) < 4.78 is 7.99. The predicted molar refractivity (Wildman–Crippen MR) is 141 cm³/mol. The third kappa shape index (κ3) is 5.41. The van der Waals surface area contributed by atoms with Gasteiger partial charge in [0, 0.05) is 36.2 Å². The maximum Gasteiger partial charge on any atom is 0.141 e. The van der Waals surface area contributed by atoms with E-state index >= 15 is 0 Å². The van der Waals surface area contributed by atoms with Crippen LogP contribution in [0.15, 0.2) is 73.4 Å². The molecule has 0 fully saturated rings. The van der Waals surface area contributed by atoms with Gasteiger partial charge in [-0.3, -0.25) is 0 Å². The average molecular weight is 467 g/mol. The van der Waals surface area contributed by atoms with Crippen LogP contribution in [0.2, 0.25) is 0 Å². The lowest BCUT2D eigenvalue weighted by atomic mass is 10.0. The molecule has 7 nitrogen and oxygen atoms in total. The van der Waals surface area contributed by atoms with Gasteiger partial charge in [0.25, 0.3) is 0 Å². The van der Waals surface area contributed by atoms with E-state index in [2.05, 4.69) is 82.7 Å². The smallest absolute Gasteiger partial charge is 0.141 e. The van der Waals surface area contributed by atoms with Crippen molar-refractivity contribution in [2.45, 2.75) is 19.8 Å². The zero-order chi connectivity index (χ0) is 24.2. The Morgan fingerprint density at radius 3 is 2.74 bits per heavy atom. The molecule has 3 heterocycles. The Hall–Kier alpha value is -3.97. The number of rotatable bonds is 9. The molecule has 0 spiro atoms. The molecule has 0 aliphatic rings. The van der Waals surface area contributed by atoms with Crippen LogP contribution >= 0.6 is 0 Å². The normalized spacial score (nSPS) is 11.4. The molecule has 0 atom stereocenters. The van der Waals surface area contributed by atoms with E-state index in [9.17, 15) is 0 Å². The number of hydrogen-bond acceptors (Lipinski definition) is 6. The number of imidazole rings is 1. The molecule has 178 valence electrons. The second-order valence-corrected chi connectivity index (χ2v) is 9.08. The number of aryl methyl sites for hydroxylation is 1. The van der Waals surface area contributed by atoms with Crippen molar-refractivity contribution in [3.63, 3.8) is 0 Å². The van der Waals surface area contributed by atoms with Crippen LogP contribution in [0.5, 0.6) is 5.75 Å². The second-order valence-electron chi connectivity index (χ2n) is 9.08. The standard InChI is InChI=1S/C28H30N6O/c1-20-15-23(6-5-22(20)16-21-9-12-34-13-10-29-27(34)17-21)32-28-25-18-24(35-14-4-11-33(2)3)7-8-26(25)30-19-31-28/h5-10,12-13,15,17-19H,4,11,14,16H2,1-3H3,(H,30,31,32). The van der Waals surface area contributed by atoms with Gasteiger partial charge in [0.15, 0.2) is 0 Å². The molecular weight excluding hydrogens is 436 g/mol. The second kappa shape index (κ2) is 10.1. The third-order valence-corrected chi connectivity index (χ3v) is 6.09. The summed E-state index contributed by atoms with van der Waals surface area (Å²) in [5.74, 6) is 1.60. The monoisotopic (exact) mass is 466 g/mol. The largest absolute Gasteiger partial charge is 0.494 e. The minimum Gasteiger partial charge on any atom is -0.494 e. The highest BCUT2D eigenvalue weighted by Crippen LogP contribution is 2.28. The quantitative estimate of drug-likeness (QED) is 0.299. The number of anilines is 2. The lowest BCUT2D eigenvalue weighted by molar-refractivity contribution is 0.282. The molecule has 0 bridgehead atoms. The number of ether oxygens (including phenoxy) is 1. The van der Waals surface area contributed by atoms with Gasteiger partial charge in [0.2, 0.25) is 0 Å². The van der Waals surface area contributed by atoms with Crippen molar-refractivity contribution in [3.8, 4) is 5.75 Å². The van der Waals surface area contributed by atoms with Crippen LogP contribution in [0.1, 0.15) is 23.1 Å². The molecule has 0 aliphatic carbocycles. The van der Waals surface area contributed by atoms with Gasteiger partial charge < -0.3 is 19.4 Å². The van der Waals surface area contributed by atoms with Crippen LogP contribution in [0.4, 0.5) is 11.5 Å². The average Bonchev–Trinajstić information content (AvgIpc) is 3.32. The maximum absolute atomic E-state index is 5.97. The molecule has 0 saturated heterocycles. The molecule has 0 aliphatic heterocycles. The first-order chi connectivity index (χ1) is 17.0. The van der Waals surface area contributed by atoms with Crippen molar-refractivity contribution in [2.24, 2.45) is 0 Å². The summed E-state index contributed by atoms with van der Waals surface area (Å²) in [6, 6.07) is 16.7. The van der Waals surface area contributed by atoms with Gasteiger partial charge in [0.1, 0.15) is 23.5 Å². The highest BCUT2D eigenvalue weighted by Gasteiger charge is 2.09. The van der Waals surface area contributed by atoms with Crippen molar-refractivity contribution in [2.75, 3.05) is 32.6 Å². The molecule has 0 saturated carbocycles. The highest BCUT2D eigenvalue weighted by molar-refractivity contribution is 5.91. The van der Waals surface area contributed by atoms with E-state index in [4.69, 9.17) is 4.74 Å². The number of fused-ring (bicyclic) bond motifs is 2. The SMILES string of the molecule is Cc1cc(Nc2ncnc3ccc(OCCCN(C)C)cc23)ccc1Cc1ccn2ccnc2c1. The first-order valence-corrected chi connectivity index (χ1v) is 11.9. The fraction of sp³-hybridized carbons (Fsp3) is 0.250.